The van der Waals surface area contributed by atoms with E-state index in [1.54, 1.807) is 19.1 Å². The monoisotopic (exact) mass is 405 g/mol. The number of benzene rings is 1. The van der Waals surface area contributed by atoms with E-state index in [1.807, 2.05) is 13.8 Å². The molecule has 2 atom stereocenters. The smallest absolute Gasteiger partial charge is 0.165 e. The average Bonchev–Trinajstić information content (AvgIpc) is 3.03. The first-order chi connectivity index (χ1) is 13.3. The summed E-state index contributed by atoms with van der Waals surface area (Å²) in [4.78, 5) is 30.1. The van der Waals surface area contributed by atoms with Crippen LogP contribution in [0.1, 0.15) is 57.0 Å². The molecule has 0 aliphatic carbocycles. The number of hydrogen-bond donors (Lipinski definition) is 0. The molecule has 0 saturated carbocycles. The Morgan fingerprint density at radius 1 is 1.32 bits per heavy atom. The van der Waals surface area contributed by atoms with E-state index in [-0.39, 0.29) is 17.5 Å². The zero-order valence-electron chi connectivity index (χ0n) is 17.1. The second-order valence-electron chi connectivity index (χ2n) is 7.29. The van der Waals surface area contributed by atoms with Gasteiger partial charge in [0.2, 0.25) is 0 Å². The molecule has 0 N–H and O–H groups in total. The van der Waals surface area contributed by atoms with Gasteiger partial charge in [0.1, 0.15) is 17.2 Å². The number of rotatable bonds is 10. The second-order valence-corrected chi connectivity index (χ2v) is 8.49. The van der Waals surface area contributed by atoms with Gasteiger partial charge in [0.25, 0.3) is 0 Å². The van der Waals surface area contributed by atoms with E-state index in [4.69, 9.17) is 4.74 Å². The molecule has 0 spiro atoms. The Hall–Kier alpha value is -2.08. The van der Waals surface area contributed by atoms with Crippen molar-refractivity contribution in [3.8, 4) is 16.3 Å². The van der Waals surface area contributed by atoms with Crippen molar-refractivity contribution >= 4 is 23.4 Å². The lowest BCUT2D eigenvalue weighted by Gasteiger charge is -2.19. The van der Waals surface area contributed by atoms with Crippen molar-refractivity contribution in [1.29, 1.82) is 0 Å². The minimum absolute atomic E-state index is 0.0796. The summed E-state index contributed by atoms with van der Waals surface area (Å²) in [7, 11) is 0. The van der Waals surface area contributed by atoms with Crippen molar-refractivity contribution < 1.29 is 18.7 Å². The molecule has 0 aliphatic heterocycles. The highest BCUT2D eigenvalue weighted by atomic mass is 32.1. The maximum Gasteiger partial charge on any atom is 0.165 e. The zero-order valence-corrected chi connectivity index (χ0v) is 17.9. The van der Waals surface area contributed by atoms with E-state index in [9.17, 15) is 14.0 Å². The first-order valence-electron chi connectivity index (χ1n) is 9.71. The summed E-state index contributed by atoms with van der Waals surface area (Å²) in [5.41, 5.74) is 1.09. The third-order valence-corrected chi connectivity index (χ3v) is 5.74. The lowest BCUT2D eigenvalue weighted by Crippen LogP contribution is -2.25. The number of ether oxygens (including phenoxy) is 1. The molecule has 1 heterocycles. The maximum atomic E-state index is 14.2. The Balaban J connectivity index is 2.34. The van der Waals surface area contributed by atoms with Gasteiger partial charge < -0.3 is 9.53 Å². The third-order valence-electron chi connectivity index (χ3n) is 4.70. The fraction of sp³-hybridized carbons (Fsp3) is 0.500. The van der Waals surface area contributed by atoms with Crippen LogP contribution in [0.5, 0.6) is 5.75 Å². The molecule has 1 unspecified atom stereocenters. The lowest BCUT2D eigenvalue weighted by molar-refractivity contribution is -0.128. The summed E-state index contributed by atoms with van der Waals surface area (Å²) < 4.78 is 19.4. The van der Waals surface area contributed by atoms with Gasteiger partial charge >= 0.3 is 0 Å². The number of Topliss-reactive ketones (excluding diaryl/α,β-unsaturated/α-hetero) is 1. The number of hydrogen-bond acceptors (Lipinski definition) is 5. The van der Waals surface area contributed by atoms with Gasteiger partial charge in [-0.05, 0) is 50.8 Å². The molecule has 1 aromatic heterocycles. The first kappa shape index (κ1) is 22.2. The highest BCUT2D eigenvalue weighted by Crippen LogP contribution is 2.34. The van der Waals surface area contributed by atoms with Gasteiger partial charge in [0.05, 0.1) is 12.3 Å². The van der Waals surface area contributed by atoms with Crippen LogP contribution >= 0.6 is 11.3 Å². The molecule has 0 amide bonds. The van der Waals surface area contributed by atoms with Crippen molar-refractivity contribution in [1.82, 2.24) is 4.98 Å². The van der Waals surface area contributed by atoms with Gasteiger partial charge in [-0.1, -0.05) is 20.8 Å². The van der Waals surface area contributed by atoms with Crippen molar-refractivity contribution in [2.45, 2.75) is 53.4 Å². The molecular weight excluding hydrogens is 377 g/mol. The number of aldehydes is 1. The van der Waals surface area contributed by atoms with Crippen molar-refractivity contribution in [2.75, 3.05) is 6.61 Å². The largest absolute Gasteiger partial charge is 0.491 e. The average molecular weight is 406 g/mol. The number of halogens is 1. The van der Waals surface area contributed by atoms with Crippen LogP contribution in [0.25, 0.3) is 10.6 Å². The molecule has 6 heteroatoms. The summed E-state index contributed by atoms with van der Waals surface area (Å²) in [5, 5.41) is 0.589. The standard InChI is InChI=1S/C22H28FNO3S/c1-6-15(10-13(3)4)21(26)17(12-25)20-14(5)28-22(24-20)16-8-9-19(27-7-2)18(23)11-16/h8-9,11-13,15,17H,6-7,10H2,1-5H3/t15-,17?/m1/s1. The lowest BCUT2D eigenvalue weighted by atomic mass is 9.84. The summed E-state index contributed by atoms with van der Waals surface area (Å²) in [6, 6.07) is 4.68. The van der Waals surface area contributed by atoms with Crippen LogP contribution < -0.4 is 4.74 Å². The molecule has 0 radical (unpaired) electrons. The van der Waals surface area contributed by atoms with E-state index in [0.29, 0.717) is 41.5 Å². The Bertz CT molecular complexity index is 831. The van der Waals surface area contributed by atoms with Gasteiger partial charge in [-0.25, -0.2) is 9.37 Å². The van der Waals surface area contributed by atoms with Crippen molar-refractivity contribution in [2.24, 2.45) is 11.8 Å². The van der Waals surface area contributed by atoms with Crippen LogP contribution in [0, 0.1) is 24.6 Å². The molecule has 1 aromatic carbocycles. The molecule has 2 aromatic rings. The number of thiazole rings is 1. The molecule has 0 fully saturated rings. The SMILES string of the molecule is CCOc1ccc(-c2nc(C(C=O)C(=O)[C@H](CC)CC(C)C)c(C)s2)cc1F. The second kappa shape index (κ2) is 9.92. The number of ketones is 1. The number of aryl methyl sites for hydroxylation is 1. The predicted molar refractivity (Wildman–Crippen MR) is 110 cm³/mol. The van der Waals surface area contributed by atoms with Crippen LogP contribution in [0.2, 0.25) is 0 Å². The Morgan fingerprint density at radius 2 is 2.04 bits per heavy atom. The van der Waals surface area contributed by atoms with E-state index in [1.165, 1.54) is 17.4 Å². The number of carbonyl (C=O) groups is 2. The molecule has 4 nitrogen and oxygen atoms in total. The topological polar surface area (TPSA) is 56.3 Å². The van der Waals surface area contributed by atoms with Crippen LogP contribution in [-0.4, -0.2) is 23.7 Å². The summed E-state index contributed by atoms with van der Waals surface area (Å²) in [6.07, 6.45) is 2.14. The minimum Gasteiger partial charge on any atom is -0.491 e. The van der Waals surface area contributed by atoms with E-state index < -0.39 is 11.7 Å². The van der Waals surface area contributed by atoms with Crippen LogP contribution in [0.4, 0.5) is 4.39 Å². The molecule has 28 heavy (non-hydrogen) atoms. The van der Waals surface area contributed by atoms with E-state index in [2.05, 4.69) is 18.8 Å². The number of carbonyl (C=O) groups excluding carboxylic acids is 2. The van der Waals surface area contributed by atoms with Crippen molar-refractivity contribution in [3.63, 3.8) is 0 Å². The Labute approximate surface area is 170 Å². The van der Waals surface area contributed by atoms with Gasteiger partial charge in [0.15, 0.2) is 17.3 Å². The van der Waals surface area contributed by atoms with E-state index >= 15 is 0 Å². The molecule has 0 bridgehead atoms. The number of aromatic nitrogens is 1. The molecular formula is C22H28FNO3S. The summed E-state index contributed by atoms with van der Waals surface area (Å²) >= 11 is 1.36. The summed E-state index contributed by atoms with van der Waals surface area (Å²) in [5.74, 6) is -1.01. The first-order valence-corrected chi connectivity index (χ1v) is 10.5. The Kier molecular flexibility index (Phi) is 7.87. The summed E-state index contributed by atoms with van der Waals surface area (Å²) in [6.45, 7) is 10.1. The van der Waals surface area contributed by atoms with Crippen LogP contribution in [-0.2, 0) is 9.59 Å². The molecule has 152 valence electrons. The normalized spacial score (nSPS) is 13.4. The molecule has 2 rings (SSSR count). The maximum absolute atomic E-state index is 14.2. The third kappa shape index (κ3) is 5.04. The zero-order chi connectivity index (χ0) is 20.8. The fourth-order valence-corrected chi connectivity index (χ4v) is 4.26. The minimum atomic E-state index is -0.874. The molecule has 0 saturated heterocycles. The quantitative estimate of drug-likeness (QED) is 0.382. The van der Waals surface area contributed by atoms with Gasteiger partial charge in [-0.3, -0.25) is 4.79 Å². The Morgan fingerprint density at radius 3 is 2.57 bits per heavy atom. The van der Waals surface area contributed by atoms with Gasteiger partial charge in [0, 0.05) is 16.4 Å². The van der Waals surface area contributed by atoms with Crippen LogP contribution in [0.3, 0.4) is 0 Å². The number of nitrogens with zero attached hydrogens (tertiary/aromatic N) is 1. The van der Waals surface area contributed by atoms with Crippen molar-refractivity contribution in [3.05, 3.63) is 34.6 Å². The van der Waals surface area contributed by atoms with Gasteiger partial charge in [-0.15, -0.1) is 11.3 Å². The highest BCUT2D eigenvalue weighted by Gasteiger charge is 2.31. The fourth-order valence-electron chi connectivity index (χ4n) is 3.30. The predicted octanol–water partition coefficient (Wildman–Crippen LogP) is 5.58. The van der Waals surface area contributed by atoms with Gasteiger partial charge in [-0.2, -0.15) is 0 Å². The molecule has 0 aliphatic rings. The highest BCUT2D eigenvalue weighted by molar-refractivity contribution is 7.15. The van der Waals surface area contributed by atoms with Crippen LogP contribution in [0.15, 0.2) is 18.2 Å². The van der Waals surface area contributed by atoms with E-state index in [0.717, 1.165) is 11.3 Å².